The van der Waals surface area contributed by atoms with Gasteiger partial charge in [0.2, 0.25) is 15.9 Å². The molecular formula is C20H27ClF3N3O3S. The van der Waals surface area contributed by atoms with Crippen LogP contribution in [0.4, 0.5) is 13.2 Å². The number of carbonyl (C=O) groups is 1. The van der Waals surface area contributed by atoms with Crippen LogP contribution in [0.15, 0.2) is 23.1 Å². The fraction of sp³-hybridized carbons (Fsp3) is 0.650. The summed E-state index contributed by atoms with van der Waals surface area (Å²) in [5, 5.41) is 2.38. The molecule has 0 atom stereocenters. The number of hydrogen-bond acceptors (Lipinski definition) is 4. The van der Waals surface area contributed by atoms with E-state index in [2.05, 4.69) is 10.2 Å². The van der Waals surface area contributed by atoms with Crippen LogP contribution in [0.25, 0.3) is 0 Å². The Balaban J connectivity index is 1.54. The normalized spacial score (nSPS) is 20.0. The molecule has 2 saturated heterocycles. The van der Waals surface area contributed by atoms with Crippen LogP contribution in [0.1, 0.15) is 37.7 Å². The third-order valence-corrected chi connectivity index (χ3v) is 8.11. The van der Waals surface area contributed by atoms with Crippen LogP contribution >= 0.6 is 11.6 Å². The second-order valence-electron chi connectivity index (χ2n) is 8.01. The zero-order valence-electron chi connectivity index (χ0n) is 17.1. The van der Waals surface area contributed by atoms with E-state index in [9.17, 15) is 26.4 Å². The second kappa shape index (κ2) is 10.1. The average Bonchev–Trinajstić information content (AvgIpc) is 2.74. The topological polar surface area (TPSA) is 69.7 Å². The minimum absolute atomic E-state index is 0.0799. The van der Waals surface area contributed by atoms with Gasteiger partial charge < -0.3 is 10.2 Å². The SMILES string of the molecule is O=C(NCCN1CCCCC1)C1CCN(S(=O)(=O)c2ccc(Cl)c(C(F)(F)F)c2)CC1. The zero-order valence-corrected chi connectivity index (χ0v) is 18.7. The van der Waals surface area contributed by atoms with Gasteiger partial charge in [0.05, 0.1) is 15.5 Å². The van der Waals surface area contributed by atoms with E-state index in [1.165, 1.54) is 19.3 Å². The first kappa shape index (κ1) is 24.3. The van der Waals surface area contributed by atoms with Crippen molar-refractivity contribution in [3.05, 3.63) is 28.8 Å². The van der Waals surface area contributed by atoms with Gasteiger partial charge in [-0.3, -0.25) is 4.79 Å². The minimum Gasteiger partial charge on any atom is -0.355 e. The highest BCUT2D eigenvalue weighted by Gasteiger charge is 2.37. The van der Waals surface area contributed by atoms with Crippen molar-refractivity contribution in [3.63, 3.8) is 0 Å². The summed E-state index contributed by atoms with van der Waals surface area (Å²) in [5.41, 5.74) is -1.18. The Hall–Kier alpha value is -1.36. The van der Waals surface area contributed by atoms with E-state index in [1.807, 2.05) is 0 Å². The lowest BCUT2D eigenvalue weighted by atomic mass is 9.97. The number of benzene rings is 1. The molecule has 2 aliphatic heterocycles. The van der Waals surface area contributed by atoms with Crippen molar-refractivity contribution in [2.75, 3.05) is 39.3 Å². The van der Waals surface area contributed by atoms with Crippen LogP contribution in [0, 0.1) is 5.92 Å². The van der Waals surface area contributed by atoms with E-state index in [-0.39, 0.29) is 24.9 Å². The summed E-state index contributed by atoms with van der Waals surface area (Å²) < 4.78 is 66.0. The molecule has 11 heteroatoms. The van der Waals surface area contributed by atoms with Crippen molar-refractivity contribution in [1.82, 2.24) is 14.5 Å². The molecule has 31 heavy (non-hydrogen) atoms. The molecule has 0 radical (unpaired) electrons. The quantitative estimate of drug-likeness (QED) is 0.676. The number of amides is 1. The van der Waals surface area contributed by atoms with Gasteiger partial charge in [0.25, 0.3) is 0 Å². The highest BCUT2D eigenvalue weighted by Crippen LogP contribution is 2.36. The number of halogens is 4. The lowest BCUT2D eigenvalue weighted by Crippen LogP contribution is -2.44. The molecule has 0 aromatic heterocycles. The molecule has 0 unspecified atom stereocenters. The maximum absolute atomic E-state index is 13.1. The predicted molar refractivity (Wildman–Crippen MR) is 111 cm³/mol. The molecule has 1 amide bonds. The van der Waals surface area contributed by atoms with Gasteiger partial charge in [-0.2, -0.15) is 17.5 Å². The van der Waals surface area contributed by atoms with Crippen molar-refractivity contribution in [1.29, 1.82) is 0 Å². The second-order valence-corrected chi connectivity index (χ2v) is 10.4. The van der Waals surface area contributed by atoms with E-state index in [1.54, 1.807) is 0 Å². The molecule has 6 nitrogen and oxygen atoms in total. The Labute approximate surface area is 185 Å². The van der Waals surface area contributed by atoms with E-state index in [0.717, 1.165) is 36.1 Å². The van der Waals surface area contributed by atoms with Gasteiger partial charge in [-0.1, -0.05) is 18.0 Å². The number of rotatable bonds is 6. The number of carbonyl (C=O) groups excluding carboxylic acids is 1. The van der Waals surface area contributed by atoms with Gasteiger partial charge in [-0.15, -0.1) is 0 Å². The van der Waals surface area contributed by atoms with Crippen LogP contribution in [-0.4, -0.2) is 62.8 Å². The van der Waals surface area contributed by atoms with Crippen molar-refractivity contribution in [2.24, 2.45) is 5.92 Å². The summed E-state index contributed by atoms with van der Waals surface area (Å²) in [7, 11) is -4.11. The van der Waals surface area contributed by atoms with Gasteiger partial charge in [0, 0.05) is 32.1 Å². The van der Waals surface area contributed by atoms with E-state index in [0.29, 0.717) is 25.5 Å². The molecular weight excluding hydrogens is 455 g/mol. The lowest BCUT2D eigenvalue weighted by molar-refractivity contribution is -0.137. The number of piperidine rings is 2. The van der Waals surface area contributed by atoms with E-state index < -0.39 is 31.7 Å². The van der Waals surface area contributed by atoms with E-state index >= 15 is 0 Å². The third kappa shape index (κ3) is 6.12. The number of alkyl halides is 3. The first-order valence-corrected chi connectivity index (χ1v) is 12.3. The molecule has 174 valence electrons. The maximum atomic E-state index is 13.1. The fourth-order valence-corrected chi connectivity index (χ4v) is 5.78. The lowest BCUT2D eigenvalue weighted by Gasteiger charge is -2.31. The smallest absolute Gasteiger partial charge is 0.355 e. The molecule has 1 aromatic carbocycles. The Morgan fingerprint density at radius 2 is 1.74 bits per heavy atom. The first-order chi connectivity index (χ1) is 14.6. The summed E-state index contributed by atoms with van der Waals surface area (Å²) in [6.07, 6.45) is -0.485. The molecule has 1 N–H and O–H groups in total. The summed E-state index contributed by atoms with van der Waals surface area (Å²) in [4.78, 5) is 14.3. The first-order valence-electron chi connectivity index (χ1n) is 10.5. The van der Waals surface area contributed by atoms with Gasteiger partial charge >= 0.3 is 6.18 Å². The monoisotopic (exact) mass is 481 g/mol. The Bertz CT molecular complexity index is 881. The van der Waals surface area contributed by atoms with E-state index in [4.69, 9.17) is 11.6 Å². The van der Waals surface area contributed by atoms with Crippen molar-refractivity contribution < 1.29 is 26.4 Å². The van der Waals surface area contributed by atoms with Crippen LogP contribution < -0.4 is 5.32 Å². The van der Waals surface area contributed by atoms with Crippen molar-refractivity contribution in [2.45, 2.75) is 43.2 Å². The van der Waals surface area contributed by atoms with Crippen LogP contribution in [-0.2, 0) is 21.0 Å². The van der Waals surface area contributed by atoms with Gasteiger partial charge in [-0.25, -0.2) is 8.42 Å². The Morgan fingerprint density at radius 3 is 2.35 bits per heavy atom. The number of nitrogens with zero attached hydrogens (tertiary/aromatic N) is 2. The van der Waals surface area contributed by atoms with Crippen molar-refractivity contribution in [3.8, 4) is 0 Å². The summed E-state index contributed by atoms with van der Waals surface area (Å²) in [5.74, 6) is -0.399. The van der Waals surface area contributed by atoms with Crippen molar-refractivity contribution >= 4 is 27.5 Å². The molecule has 0 aliphatic carbocycles. The minimum atomic E-state index is -4.75. The summed E-state index contributed by atoms with van der Waals surface area (Å²) in [6.45, 7) is 3.62. The molecule has 1 aromatic rings. The number of nitrogens with one attached hydrogen (secondary N) is 1. The summed E-state index contributed by atoms with van der Waals surface area (Å²) >= 11 is 5.59. The predicted octanol–water partition coefficient (Wildman–Crippen LogP) is 3.36. The number of hydrogen-bond donors (Lipinski definition) is 1. The number of likely N-dealkylation sites (tertiary alicyclic amines) is 1. The van der Waals surface area contributed by atoms with Gasteiger partial charge in [0.1, 0.15) is 0 Å². The molecule has 0 spiro atoms. The maximum Gasteiger partial charge on any atom is 0.417 e. The third-order valence-electron chi connectivity index (χ3n) is 5.88. The molecule has 2 fully saturated rings. The van der Waals surface area contributed by atoms with Crippen LogP contribution in [0.5, 0.6) is 0 Å². The molecule has 0 bridgehead atoms. The fourth-order valence-electron chi connectivity index (χ4n) is 4.05. The van der Waals surface area contributed by atoms with Crippen LogP contribution in [0.3, 0.4) is 0 Å². The largest absolute Gasteiger partial charge is 0.417 e. The highest BCUT2D eigenvalue weighted by atomic mass is 35.5. The molecule has 3 rings (SSSR count). The molecule has 0 saturated carbocycles. The number of sulfonamides is 1. The molecule has 2 aliphatic rings. The Morgan fingerprint density at radius 1 is 1.10 bits per heavy atom. The highest BCUT2D eigenvalue weighted by molar-refractivity contribution is 7.89. The average molecular weight is 482 g/mol. The van der Waals surface area contributed by atoms with Gasteiger partial charge in [0.15, 0.2) is 0 Å². The van der Waals surface area contributed by atoms with Crippen LogP contribution in [0.2, 0.25) is 5.02 Å². The zero-order chi connectivity index (χ0) is 22.6. The van der Waals surface area contributed by atoms with Gasteiger partial charge in [-0.05, 0) is 57.0 Å². The summed E-state index contributed by atoms with van der Waals surface area (Å²) in [6, 6.07) is 2.59. The standard InChI is InChI=1S/C20H27ClF3N3O3S/c21-18-5-4-16(14-17(18)20(22,23)24)31(29,30)27-11-6-15(7-12-27)19(28)25-8-13-26-9-2-1-3-10-26/h4-5,14-15H,1-3,6-13H2,(H,25,28). The Kier molecular flexibility index (Phi) is 7.88. The molecule has 2 heterocycles.